The van der Waals surface area contributed by atoms with Crippen LogP contribution in [0.15, 0.2) is 27.8 Å². The molecule has 7 heteroatoms. The number of aliphatic imine (C=N–C) groups is 1. The molecule has 2 bridgehead atoms. The zero-order chi connectivity index (χ0) is 19.7. The normalized spacial score (nSPS) is 26.5. The summed E-state index contributed by atoms with van der Waals surface area (Å²) >= 11 is 0. The molecule has 3 atom stereocenters. The van der Waals surface area contributed by atoms with Crippen LogP contribution in [0.1, 0.15) is 50.7 Å². The Morgan fingerprint density at radius 3 is 2.80 bits per heavy atom. The molecule has 1 aromatic heterocycles. The number of fused-ring (bicyclic) bond motifs is 2. The Hall–Kier alpha value is -0.800. The van der Waals surface area contributed by atoms with Crippen molar-refractivity contribution in [1.82, 2.24) is 10.6 Å². The van der Waals surface area contributed by atoms with E-state index >= 15 is 0 Å². The number of halogens is 1. The predicted octanol–water partition coefficient (Wildman–Crippen LogP) is 4.00. The summed E-state index contributed by atoms with van der Waals surface area (Å²) < 4.78 is 16.7. The van der Waals surface area contributed by atoms with Crippen LogP contribution in [0, 0.1) is 17.8 Å². The van der Waals surface area contributed by atoms with Crippen LogP contribution in [-0.2, 0) is 15.9 Å². The molecule has 1 saturated heterocycles. The van der Waals surface area contributed by atoms with E-state index in [0.29, 0.717) is 12.0 Å². The number of hydrogen-bond acceptors (Lipinski definition) is 4. The van der Waals surface area contributed by atoms with Gasteiger partial charge >= 0.3 is 0 Å². The van der Waals surface area contributed by atoms with Gasteiger partial charge in [-0.25, -0.2) is 0 Å². The second-order valence-electron chi connectivity index (χ2n) is 8.90. The highest BCUT2D eigenvalue weighted by molar-refractivity contribution is 14.0. The molecular formula is C23H38IN3O3. The van der Waals surface area contributed by atoms with Crippen LogP contribution < -0.4 is 10.6 Å². The summed E-state index contributed by atoms with van der Waals surface area (Å²) in [5, 5.41) is 7.23. The van der Waals surface area contributed by atoms with Gasteiger partial charge in [0.1, 0.15) is 5.76 Å². The minimum atomic E-state index is 0. The highest BCUT2D eigenvalue weighted by Gasteiger charge is 2.39. The van der Waals surface area contributed by atoms with Gasteiger partial charge in [0, 0.05) is 52.0 Å². The molecule has 3 aliphatic rings. The lowest BCUT2D eigenvalue weighted by Gasteiger charge is -2.25. The van der Waals surface area contributed by atoms with Gasteiger partial charge in [-0.2, -0.15) is 0 Å². The van der Waals surface area contributed by atoms with Crippen molar-refractivity contribution in [3.63, 3.8) is 0 Å². The maximum atomic E-state index is 5.88. The standard InChI is InChI=1S/C23H37N3O3.HI/c1-3-21(29-12-1)6-10-25-23(26-22-16-19-4-5-20(22)15-19)24-9-2-11-28-17-18-7-13-27-14-8-18;/h1,3,12,18-20,22H,2,4-11,13-17H2,(H2,24,25,26);1H. The maximum Gasteiger partial charge on any atom is 0.191 e. The maximum absolute atomic E-state index is 5.88. The first-order chi connectivity index (χ1) is 14.4. The SMILES string of the molecule is I.c1coc(CCNC(=NCCCOCC2CCOCC2)NC2CC3CCC2C3)c1. The summed E-state index contributed by atoms with van der Waals surface area (Å²) in [6.45, 7) is 5.06. The topological polar surface area (TPSA) is 68.0 Å². The van der Waals surface area contributed by atoms with Gasteiger partial charge in [0.15, 0.2) is 5.96 Å². The second-order valence-corrected chi connectivity index (χ2v) is 8.90. The fourth-order valence-electron chi connectivity index (χ4n) is 5.03. The van der Waals surface area contributed by atoms with Crippen molar-refractivity contribution in [3.05, 3.63) is 24.2 Å². The van der Waals surface area contributed by atoms with E-state index in [1.807, 2.05) is 12.1 Å². The fourth-order valence-corrected chi connectivity index (χ4v) is 5.03. The fraction of sp³-hybridized carbons (Fsp3) is 0.783. The van der Waals surface area contributed by atoms with Crippen LogP contribution >= 0.6 is 24.0 Å². The average Bonchev–Trinajstić information content (AvgIpc) is 3.50. The van der Waals surface area contributed by atoms with Gasteiger partial charge in [-0.05, 0) is 68.4 Å². The minimum Gasteiger partial charge on any atom is -0.469 e. The number of ether oxygens (including phenoxy) is 2. The minimum absolute atomic E-state index is 0. The Morgan fingerprint density at radius 2 is 2.07 bits per heavy atom. The van der Waals surface area contributed by atoms with Gasteiger partial charge in [-0.1, -0.05) is 6.42 Å². The smallest absolute Gasteiger partial charge is 0.191 e. The Bertz CT molecular complexity index is 619. The van der Waals surface area contributed by atoms with Crippen molar-refractivity contribution in [3.8, 4) is 0 Å². The Labute approximate surface area is 198 Å². The van der Waals surface area contributed by atoms with Gasteiger partial charge < -0.3 is 24.5 Å². The Balaban J connectivity index is 0.00000256. The van der Waals surface area contributed by atoms with Crippen LogP contribution in [0.5, 0.6) is 0 Å². The third-order valence-corrected chi connectivity index (χ3v) is 6.72. The molecule has 2 aliphatic carbocycles. The zero-order valence-electron chi connectivity index (χ0n) is 18.0. The number of nitrogens with one attached hydrogen (secondary N) is 2. The van der Waals surface area contributed by atoms with Gasteiger partial charge in [0.05, 0.1) is 6.26 Å². The summed E-state index contributed by atoms with van der Waals surface area (Å²) in [5.41, 5.74) is 0. The van der Waals surface area contributed by atoms with Crippen LogP contribution in [0.4, 0.5) is 0 Å². The number of rotatable bonds is 10. The first-order valence-corrected chi connectivity index (χ1v) is 11.6. The van der Waals surface area contributed by atoms with Crippen molar-refractivity contribution in [1.29, 1.82) is 0 Å². The van der Waals surface area contributed by atoms with Crippen LogP contribution in [-0.4, -0.2) is 51.5 Å². The van der Waals surface area contributed by atoms with Crippen molar-refractivity contribution < 1.29 is 13.9 Å². The van der Waals surface area contributed by atoms with Gasteiger partial charge in [-0.15, -0.1) is 24.0 Å². The summed E-state index contributed by atoms with van der Waals surface area (Å²) in [6, 6.07) is 4.56. The lowest BCUT2D eigenvalue weighted by Crippen LogP contribution is -2.46. The number of hydrogen-bond donors (Lipinski definition) is 2. The van der Waals surface area contributed by atoms with E-state index in [9.17, 15) is 0 Å². The second kappa shape index (κ2) is 12.9. The average molecular weight is 531 g/mol. The number of guanidine groups is 1. The molecule has 1 aliphatic heterocycles. The molecule has 1 aromatic rings. The van der Waals surface area contributed by atoms with Crippen LogP contribution in [0.25, 0.3) is 0 Å². The quantitative estimate of drug-likeness (QED) is 0.207. The summed E-state index contributed by atoms with van der Waals surface area (Å²) in [7, 11) is 0. The molecule has 6 nitrogen and oxygen atoms in total. The van der Waals surface area contributed by atoms with Crippen molar-refractivity contribution in [2.24, 2.45) is 22.7 Å². The highest BCUT2D eigenvalue weighted by atomic mass is 127. The van der Waals surface area contributed by atoms with Crippen LogP contribution in [0.3, 0.4) is 0 Å². The molecular weight excluding hydrogens is 493 g/mol. The Morgan fingerprint density at radius 1 is 1.17 bits per heavy atom. The molecule has 170 valence electrons. The molecule has 4 rings (SSSR count). The molecule has 0 radical (unpaired) electrons. The lowest BCUT2D eigenvalue weighted by atomic mass is 9.95. The van der Waals surface area contributed by atoms with E-state index in [0.717, 1.165) is 88.8 Å². The third kappa shape index (κ3) is 7.41. The largest absolute Gasteiger partial charge is 0.469 e. The molecule has 2 saturated carbocycles. The monoisotopic (exact) mass is 531 g/mol. The molecule has 2 heterocycles. The van der Waals surface area contributed by atoms with Crippen molar-refractivity contribution in [2.75, 3.05) is 39.5 Å². The van der Waals surface area contributed by atoms with E-state index in [2.05, 4.69) is 10.6 Å². The van der Waals surface area contributed by atoms with Crippen molar-refractivity contribution in [2.45, 2.75) is 57.4 Å². The predicted molar refractivity (Wildman–Crippen MR) is 129 cm³/mol. The number of nitrogens with zero attached hydrogens (tertiary/aromatic N) is 1. The Kier molecular flexibility index (Phi) is 10.3. The van der Waals surface area contributed by atoms with Crippen LogP contribution in [0.2, 0.25) is 0 Å². The van der Waals surface area contributed by atoms with Gasteiger partial charge in [0.25, 0.3) is 0 Å². The molecule has 3 unspecified atom stereocenters. The molecule has 0 amide bonds. The zero-order valence-corrected chi connectivity index (χ0v) is 20.4. The summed E-state index contributed by atoms with van der Waals surface area (Å²) in [6.07, 6.45) is 11.3. The molecule has 0 spiro atoms. The molecule has 0 aromatic carbocycles. The molecule has 30 heavy (non-hydrogen) atoms. The van der Waals surface area contributed by atoms with Gasteiger partial charge in [-0.3, -0.25) is 4.99 Å². The summed E-state index contributed by atoms with van der Waals surface area (Å²) in [5.74, 6) is 4.41. The van der Waals surface area contributed by atoms with E-state index in [1.54, 1.807) is 6.26 Å². The molecule has 3 fully saturated rings. The lowest BCUT2D eigenvalue weighted by molar-refractivity contribution is 0.0205. The molecule has 2 N–H and O–H groups in total. The van der Waals surface area contributed by atoms with Gasteiger partial charge in [0.2, 0.25) is 0 Å². The third-order valence-electron chi connectivity index (χ3n) is 6.72. The first kappa shape index (κ1) is 23.9. The van der Waals surface area contributed by atoms with E-state index in [4.69, 9.17) is 18.9 Å². The highest BCUT2D eigenvalue weighted by Crippen LogP contribution is 2.44. The first-order valence-electron chi connectivity index (χ1n) is 11.6. The van der Waals surface area contributed by atoms with Crippen molar-refractivity contribution >= 4 is 29.9 Å². The van der Waals surface area contributed by atoms with E-state index < -0.39 is 0 Å². The number of furan rings is 1. The van der Waals surface area contributed by atoms with E-state index in [-0.39, 0.29) is 24.0 Å². The summed E-state index contributed by atoms with van der Waals surface area (Å²) in [4.78, 5) is 4.84. The van der Waals surface area contributed by atoms with E-state index in [1.165, 1.54) is 25.7 Å².